The lowest BCUT2D eigenvalue weighted by atomic mass is 9.89. The second kappa shape index (κ2) is 5.40. The Hall–Kier alpha value is -2.76. The number of hydrogen-bond donors (Lipinski definition) is 0. The van der Waals surface area contributed by atoms with E-state index in [4.69, 9.17) is 4.74 Å². The van der Waals surface area contributed by atoms with Crippen LogP contribution in [0.2, 0.25) is 0 Å². The Morgan fingerprint density at radius 3 is 2.88 bits per heavy atom. The van der Waals surface area contributed by atoms with Crippen LogP contribution in [0.5, 0.6) is 5.75 Å². The molecule has 1 unspecified atom stereocenters. The summed E-state index contributed by atoms with van der Waals surface area (Å²) in [4.78, 5) is 35.0. The molecule has 0 N–H and O–H groups in total. The molecular weight excluding hydrogens is 306 g/mol. The van der Waals surface area contributed by atoms with Gasteiger partial charge in [0.1, 0.15) is 17.0 Å². The Kier molecular flexibility index (Phi) is 3.33. The first-order valence-corrected chi connectivity index (χ1v) is 7.96. The molecule has 4 rings (SSSR count). The van der Waals surface area contributed by atoms with Crippen molar-refractivity contribution in [3.63, 3.8) is 0 Å². The van der Waals surface area contributed by atoms with E-state index in [1.54, 1.807) is 17.2 Å². The molecule has 3 heterocycles. The van der Waals surface area contributed by atoms with Gasteiger partial charge < -0.3 is 9.64 Å². The number of hydrogen-bond acceptors (Lipinski definition) is 5. The third-order valence-electron chi connectivity index (χ3n) is 4.60. The summed E-state index contributed by atoms with van der Waals surface area (Å²) in [6, 6.07) is 7.28. The van der Waals surface area contributed by atoms with Gasteiger partial charge in [0.15, 0.2) is 5.78 Å². The molecule has 2 aromatic rings. The van der Waals surface area contributed by atoms with Gasteiger partial charge in [0.2, 0.25) is 0 Å². The predicted molar refractivity (Wildman–Crippen MR) is 86.0 cm³/mol. The summed E-state index contributed by atoms with van der Waals surface area (Å²) in [6.45, 7) is 2.76. The highest BCUT2D eigenvalue weighted by molar-refractivity contribution is 6.00. The lowest BCUT2D eigenvalue weighted by Crippen LogP contribution is -2.45. The summed E-state index contributed by atoms with van der Waals surface area (Å²) in [5.74, 6) is 0.508. The molecular formula is C18H17N3O3. The molecule has 1 aromatic heterocycles. The summed E-state index contributed by atoms with van der Waals surface area (Å²) in [7, 11) is 0. The number of ketones is 1. The third-order valence-corrected chi connectivity index (χ3v) is 4.60. The number of para-hydroxylation sites is 1. The van der Waals surface area contributed by atoms with E-state index in [9.17, 15) is 9.59 Å². The van der Waals surface area contributed by atoms with E-state index in [0.29, 0.717) is 42.9 Å². The van der Waals surface area contributed by atoms with Crippen molar-refractivity contribution in [3.8, 4) is 5.75 Å². The number of fused-ring (bicyclic) bond motifs is 1. The zero-order chi connectivity index (χ0) is 16.7. The van der Waals surface area contributed by atoms with E-state index in [-0.39, 0.29) is 11.7 Å². The van der Waals surface area contributed by atoms with Crippen LogP contribution >= 0.6 is 0 Å². The van der Waals surface area contributed by atoms with Crippen LogP contribution in [0.3, 0.4) is 0 Å². The van der Waals surface area contributed by atoms with Crippen molar-refractivity contribution in [2.45, 2.75) is 25.4 Å². The molecule has 1 amide bonds. The van der Waals surface area contributed by atoms with Crippen LogP contribution in [0, 0.1) is 6.92 Å². The molecule has 6 nitrogen and oxygen atoms in total. The van der Waals surface area contributed by atoms with Crippen molar-refractivity contribution in [2.24, 2.45) is 0 Å². The lowest BCUT2D eigenvalue weighted by Gasteiger charge is -2.34. The second-order valence-electron chi connectivity index (χ2n) is 6.40. The van der Waals surface area contributed by atoms with Gasteiger partial charge in [0.05, 0.1) is 30.4 Å². The van der Waals surface area contributed by atoms with Crippen molar-refractivity contribution in [2.75, 3.05) is 13.1 Å². The molecule has 2 aliphatic rings. The molecule has 0 radical (unpaired) electrons. The molecule has 122 valence electrons. The summed E-state index contributed by atoms with van der Waals surface area (Å²) in [6.07, 6.45) is 4.01. The Morgan fingerprint density at radius 2 is 2.08 bits per heavy atom. The molecule has 1 saturated heterocycles. The van der Waals surface area contributed by atoms with Gasteiger partial charge in [0, 0.05) is 19.2 Å². The highest BCUT2D eigenvalue weighted by Gasteiger charge is 2.47. The molecule has 0 bridgehead atoms. The highest BCUT2D eigenvalue weighted by Crippen LogP contribution is 2.38. The molecule has 24 heavy (non-hydrogen) atoms. The molecule has 6 heteroatoms. The van der Waals surface area contributed by atoms with Crippen LogP contribution in [0.1, 0.15) is 39.4 Å². The average molecular weight is 323 g/mol. The molecule has 1 atom stereocenters. The SMILES string of the molecule is Cc1cnc(C(=O)N2CCC3(CC(=O)c4ccccc4O3)C2)cn1. The van der Waals surface area contributed by atoms with Crippen molar-refractivity contribution in [1.82, 2.24) is 14.9 Å². The highest BCUT2D eigenvalue weighted by atomic mass is 16.5. The molecule has 1 fully saturated rings. The summed E-state index contributed by atoms with van der Waals surface area (Å²) < 4.78 is 6.14. The minimum atomic E-state index is -0.626. The topological polar surface area (TPSA) is 72.4 Å². The normalized spacial score (nSPS) is 22.4. The number of carbonyl (C=O) groups is 2. The van der Waals surface area contributed by atoms with Crippen LogP contribution < -0.4 is 4.74 Å². The minimum Gasteiger partial charge on any atom is -0.484 e. The number of likely N-dealkylation sites (tertiary alicyclic amines) is 1. The Labute approximate surface area is 139 Å². The first-order chi connectivity index (χ1) is 11.6. The number of aromatic nitrogens is 2. The number of aryl methyl sites for hydroxylation is 1. The van der Waals surface area contributed by atoms with Gasteiger partial charge in [-0.2, -0.15) is 0 Å². The Balaban J connectivity index is 1.55. The Morgan fingerprint density at radius 1 is 1.25 bits per heavy atom. The van der Waals surface area contributed by atoms with Gasteiger partial charge in [-0.25, -0.2) is 4.98 Å². The van der Waals surface area contributed by atoms with E-state index in [1.807, 2.05) is 25.1 Å². The zero-order valence-corrected chi connectivity index (χ0v) is 13.4. The number of ether oxygens (including phenoxy) is 1. The van der Waals surface area contributed by atoms with Crippen molar-refractivity contribution >= 4 is 11.7 Å². The maximum atomic E-state index is 12.6. The van der Waals surface area contributed by atoms with E-state index in [2.05, 4.69) is 9.97 Å². The van der Waals surface area contributed by atoms with Crippen LogP contribution in [0.15, 0.2) is 36.7 Å². The van der Waals surface area contributed by atoms with Gasteiger partial charge in [-0.3, -0.25) is 14.6 Å². The lowest BCUT2D eigenvalue weighted by molar-refractivity contribution is 0.0427. The molecule has 0 aliphatic carbocycles. The number of Topliss-reactive ketones (excluding diaryl/α,β-unsaturated/α-hetero) is 1. The van der Waals surface area contributed by atoms with E-state index in [0.717, 1.165) is 5.69 Å². The van der Waals surface area contributed by atoms with Crippen molar-refractivity contribution in [3.05, 3.63) is 53.6 Å². The molecule has 1 aromatic carbocycles. The van der Waals surface area contributed by atoms with Gasteiger partial charge in [-0.15, -0.1) is 0 Å². The second-order valence-corrected chi connectivity index (χ2v) is 6.40. The van der Waals surface area contributed by atoms with E-state index in [1.165, 1.54) is 6.20 Å². The number of rotatable bonds is 1. The smallest absolute Gasteiger partial charge is 0.274 e. The minimum absolute atomic E-state index is 0.0706. The predicted octanol–water partition coefficient (Wildman–Crippen LogP) is 2.04. The van der Waals surface area contributed by atoms with Gasteiger partial charge >= 0.3 is 0 Å². The van der Waals surface area contributed by atoms with Crippen LogP contribution in [0.4, 0.5) is 0 Å². The maximum Gasteiger partial charge on any atom is 0.274 e. The number of benzene rings is 1. The largest absolute Gasteiger partial charge is 0.484 e. The zero-order valence-electron chi connectivity index (χ0n) is 13.4. The van der Waals surface area contributed by atoms with Gasteiger partial charge in [-0.1, -0.05) is 12.1 Å². The molecule has 0 saturated carbocycles. The van der Waals surface area contributed by atoms with Crippen LogP contribution in [-0.2, 0) is 0 Å². The monoisotopic (exact) mass is 323 g/mol. The van der Waals surface area contributed by atoms with Gasteiger partial charge in [0.25, 0.3) is 5.91 Å². The first-order valence-electron chi connectivity index (χ1n) is 7.96. The third kappa shape index (κ3) is 2.44. The quantitative estimate of drug-likeness (QED) is 0.803. The fourth-order valence-electron chi connectivity index (χ4n) is 3.35. The van der Waals surface area contributed by atoms with Crippen molar-refractivity contribution < 1.29 is 14.3 Å². The van der Waals surface area contributed by atoms with Crippen LogP contribution in [0.25, 0.3) is 0 Å². The number of carbonyl (C=O) groups excluding carboxylic acids is 2. The maximum absolute atomic E-state index is 12.6. The number of amides is 1. The summed E-state index contributed by atoms with van der Waals surface area (Å²) in [5.41, 5.74) is 1.08. The molecule has 2 aliphatic heterocycles. The van der Waals surface area contributed by atoms with Crippen molar-refractivity contribution in [1.29, 1.82) is 0 Å². The van der Waals surface area contributed by atoms with Crippen LogP contribution in [-0.4, -0.2) is 45.2 Å². The number of nitrogens with zero attached hydrogens (tertiary/aromatic N) is 3. The standard InChI is InChI=1S/C18H17N3O3/c1-12-9-20-14(10-19-12)17(23)21-7-6-18(11-21)8-15(22)13-4-2-3-5-16(13)24-18/h2-5,9-10H,6-8,11H2,1H3. The summed E-state index contributed by atoms with van der Waals surface area (Å²) in [5, 5.41) is 0. The fourth-order valence-corrected chi connectivity index (χ4v) is 3.35. The molecule has 1 spiro atoms. The van der Waals surface area contributed by atoms with Gasteiger partial charge in [-0.05, 0) is 19.1 Å². The van der Waals surface area contributed by atoms with E-state index >= 15 is 0 Å². The van der Waals surface area contributed by atoms with E-state index < -0.39 is 5.60 Å². The summed E-state index contributed by atoms with van der Waals surface area (Å²) >= 11 is 0. The Bertz CT molecular complexity index is 819. The average Bonchev–Trinajstić information content (AvgIpc) is 2.98. The first kappa shape index (κ1) is 14.8. The fraction of sp³-hybridized carbons (Fsp3) is 0.333.